The zero-order valence-corrected chi connectivity index (χ0v) is 10.2. The van der Waals surface area contributed by atoms with Gasteiger partial charge in [-0.15, -0.1) is 0 Å². The molecule has 0 radical (unpaired) electrons. The summed E-state index contributed by atoms with van der Waals surface area (Å²) in [5.74, 6) is 0.164. The highest BCUT2D eigenvalue weighted by Gasteiger charge is 2.07. The third kappa shape index (κ3) is 1.95. The first kappa shape index (κ1) is 10.4. The van der Waals surface area contributed by atoms with Gasteiger partial charge < -0.3 is 4.57 Å². The van der Waals surface area contributed by atoms with Crippen molar-refractivity contribution < 1.29 is 4.79 Å². The number of ketones is 1. The Labute approximate surface area is 96.2 Å². The maximum atomic E-state index is 11.0. The van der Waals surface area contributed by atoms with Crippen molar-refractivity contribution in [1.29, 1.82) is 0 Å². The van der Waals surface area contributed by atoms with E-state index >= 15 is 0 Å². The molecule has 3 nitrogen and oxygen atoms in total. The summed E-state index contributed by atoms with van der Waals surface area (Å²) in [6, 6.07) is 3.94. The van der Waals surface area contributed by atoms with E-state index in [1.165, 1.54) is 0 Å². The maximum absolute atomic E-state index is 11.0. The monoisotopic (exact) mass is 266 g/mol. The van der Waals surface area contributed by atoms with E-state index in [2.05, 4.69) is 20.9 Å². The molecule has 0 saturated carbocycles. The van der Waals surface area contributed by atoms with Crippen LogP contribution in [0.5, 0.6) is 0 Å². The van der Waals surface area contributed by atoms with Gasteiger partial charge >= 0.3 is 0 Å². The molecule has 0 aliphatic rings. The van der Waals surface area contributed by atoms with Gasteiger partial charge in [-0.1, -0.05) is 0 Å². The Morgan fingerprint density at radius 3 is 2.93 bits per heavy atom. The van der Waals surface area contributed by atoms with Crippen LogP contribution in [0.25, 0.3) is 11.0 Å². The van der Waals surface area contributed by atoms with Crippen LogP contribution < -0.4 is 0 Å². The summed E-state index contributed by atoms with van der Waals surface area (Å²) in [6.07, 6.45) is 2.23. The van der Waals surface area contributed by atoms with Gasteiger partial charge in [-0.2, -0.15) is 0 Å². The third-order valence-corrected chi connectivity index (χ3v) is 2.88. The van der Waals surface area contributed by atoms with Crippen LogP contribution in [0.2, 0.25) is 0 Å². The molecule has 15 heavy (non-hydrogen) atoms. The lowest BCUT2D eigenvalue weighted by Gasteiger charge is -2.02. The molecule has 0 unspecified atom stereocenters. The third-order valence-electron chi connectivity index (χ3n) is 2.28. The van der Waals surface area contributed by atoms with E-state index in [1.54, 1.807) is 13.3 Å². The lowest BCUT2D eigenvalue weighted by atomic mass is 10.1. The smallest absolute Gasteiger partial charge is 0.134 e. The molecule has 1 aromatic heterocycles. The average Bonchev–Trinajstić information content (AvgIpc) is 2.46. The lowest BCUT2D eigenvalue weighted by molar-refractivity contribution is -0.116. The van der Waals surface area contributed by atoms with Gasteiger partial charge in [0.25, 0.3) is 0 Å². The molecule has 0 saturated heterocycles. The molecule has 2 rings (SSSR count). The molecule has 4 heteroatoms. The van der Waals surface area contributed by atoms with E-state index in [0.29, 0.717) is 6.42 Å². The number of fused-ring (bicyclic) bond motifs is 1. The number of nitrogens with zero attached hydrogens (tertiary/aromatic N) is 2. The largest absolute Gasteiger partial charge is 0.333 e. The maximum Gasteiger partial charge on any atom is 0.134 e. The Kier molecular flexibility index (Phi) is 2.61. The first-order chi connectivity index (χ1) is 7.08. The van der Waals surface area contributed by atoms with E-state index < -0.39 is 0 Å². The molecule has 0 fully saturated rings. The van der Waals surface area contributed by atoms with Crippen LogP contribution in [0.3, 0.4) is 0 Å². The van der Waals surface area contributed by atoms with Gasteiger partial charge in [0, 0.05) is 17.9 Å². The molecular formula is C11H11BrN2O. The second-order valence-corrected chi connectivity index (χ2v) is 4.53. The molecule has 0 bridgehead atoms. The number of hydrogen-bond donors (Lipinski definition) is 0. The number of benzene rings is 1. The standard InChI is InChI=1S/C11H11BrN2O/c1-7(15)3-8-4-9(12)11-10(5-8)13-6-14(11)2/h4-6H,3H2,1-2H3. The quantitative estimate of drug-likeness (QED) is 0.837. The van der Waals surface area contributed by atoms with E-state index in [0.717, 1.165) is 21.1 Å². The zero-order chi connectivity index (χ0) is 11.0. The number of hydrogen-bond acceptors (Lipinski definition) is 2. The fourth-order valence-electron chi connectivity index (χ4n) is 1.68. The van der Waals surface area contributed by atoms with Gasteiger partial charge in [0.05, 0.1) is 17.4 Å². The summed E-state index contributed by atoms with van der Waals surface area (Å²) >= 11 is 3.50. The number of halogens is 1. The number of imidazole rings is 1. The minimum Gasteiger partial charge on any atom is -0.333 e. The fourth-order valence-corrected chi connectivity index (χ4v) is 2.46. The normalized spacial score (nSPS) is 10.9. The van der Waals surface area contributed by atoms with Crippen molar-refractivity contribution in [2.24, 2.45) is 7.05 Å². The Bertz CT molecular complexity index is 531. The van der Waals surface area contributed by atoms with Crippen LogP contribution in [0.1, 0.15) is 12.5 Å². The van der Waals surface area contributed by atoms with E-state index in [4.69, 9.17) is 0 Å². The predicted molar refractivity (Wildman–Crippen MR) is 62.8 cm³/mol. The van der Waals surface area contributed by atoms with Crippen LogP contribution >= 0.6 is 15.9 Å². The molecule has 0 spiro atoms. The Hall–Kier alpha value is -1.16. The van der Waals surface area contributed by atoms with Gasteiger partial charge in [-0.25, -0.2) is 4.98 Å². The highest BCUT2D eigenvalue weighted by molar-refractivity contribution is 9.10. The average molecular weight is 267 g/mol. The summed E-state index contributed by atoms with van der Waals surface area (Å²) in [5.41, 5.74) is 2.98. The number of aromatic nitrogens is 2. The predicted octanol–water partition coefficient (Wildman–Crippen LogP) is 2.47. The van der Waals surface area contributed by atoms with Crippen molar-refractivity contribution in [3.05, 3.63) is 28.5 Å². The highest BCUT2D eigenvalue weighted by atomic mass is 79.9. The number of carbonyl (C=O) groups is 1. The van der Waals surface area contributed by atoms with E-state index in [-0.39, 0.29) is 5.78 Å². The molecular weight excluding hydrogens is 256 g/mol. The van der Waals surface area contributed by atoms with Crippen molar-refractivity contribution in [3.8, 4) is 0 Å². The van der Waals surface area contributed by atoms with Gasteiger partial charge in [-0.05, 0) is 40.5 Å². The van der Waals surface area contributed by atoms with Crippen molar-refractivity contribution in [2.45, 2.75) is 13.3 Å². The number of carbonyl (C=O) groups excluding carboxylic acids is 1. The molecule has 1 aromatic carbocycles. The first-order valence-corrected chi connectivity index (χ1v) is 5.46. The lowest BCUT2D eigenvalue weighted by Crippen LogP contribution is -1.96. The van der Waals surface area contributed by atoms with Crippen LogP contribution in [0.15, 0.2) is 22.9 Å². The summed E-state index contributed by atoms with van der Waals surface area (Å²) in [6.45, 7) is 1.59. The number of Topliss-reactive ketones (excluding diaryl/α,β-unsaturated/α-hetero) is 1. The molecule has 1 heterocycles. The molecule has 0 N–H and O–H groups in total. The van der Waals surface area contributed by atoms with E-state index in [1.807, 2.05) is 23.7 Å². The van der Waals surface area contributed by atoms with Crippen LogP contribution in [-0.2, 0) is 18.3 Å². The molecule has 0 amide bonds. The topological polar surface area (TPSA) is 34.9 Å². The number of aryl methyl sites for hydroxylation is 1. The minimum atomic E-state index is 0.164. The molecule has 2 aromatic rings. The number of rotatable bonds is 2. The van der Waals surface area contributed by atoms with Crippen molar-refractivity contribution in [1.82, 2.24) is 9.55 Å². The molecule has 0 aliphatic carbocycles. The zero-order valence-electron chi connectivity index (χ0n) is 8.62. The SMILES string of the molecule is CC(=O)Cc1cc(Br)c2c(c1)ncn2C. The Morgan fingerprint density at radius 2 is 2.27 bits per heavy atom. The van der Waals surface area contributed by atoms with Crippen LogP contribution in [0, 0.1) is 0 Å². The molecule has 78 valence electrons. The summed E-state index contributed by atoms with van der Waals surface area (Å²) in [4.78, 5) is 15.3. The second kappa shape index (κ2) is 3.77. The van der Waals surface area contributed by atoms with Gasteiger partial charge in [-0.3, -0.25) is 4.79 Å². The summed E-state index contributed by atoms with van der Waals surface area (Å²) < 4.78 is 2.94. The van der Waals surface area contributed by atoms with Crippen molar-refractivity contribution >= 4 is 32.7 Å². The first-order valence-electron chi connectivity index (χ1n) is 4.67. The highest BCUT2D eigenvalue weighted by Crippen LogP contribution is 2.24. The Morgan fingerprint density at radius 1 is 1.53 bits per heavy atom. The van der Waals surface area contributed by atoms with Crippen molar-refractivity contribution in [3.63, 3.8) is 0 Å². The fraction of sp³-hybridized carbons (Fsp3) is 0.273. The Balaban J connectivity index is 2.58. The van der Waals surface area contributed by atoms with Crippen molar-refractivity contribution in [2.75, 3.05) is 0 Å². The molecule has 0 atom stereocenters. The van der Waals surface area contributed by atoms with Crippen LogP contribution in [-0.4, -0.2) is 15.3 Å². The molecule has 0 aliphatic heterocycles. The van der Waals surface area contributed by atoms with Crippen LogP contribution in [0.4, 0.5) is 0 Å². The summed E-state index contributed by atoms with van der Waals surface area (Å²) in [7, 11) is 1.95. The van der Waals surface area contributed by atoms with Gasteiger partial charge in [0.2, 0.25) is 0 Å². The van der Waals surface area contributed by atoms with E-state index in [9.17, 15) is 4.79 Å². The summed E-state index contributed by atoms with van der Waals surface area (Å²) in [5, 5.41) is 0. The minimum absolute atomic E-state index is 0.164. The second-order valence-electron chi connectivity index (χ2n) is 3.68. The van der Waals surface area contributed by atoms with Gasteiger partial charge in [0.1, 0.15) is 5.78 Å². The van der Waals surface area contributed by atoms with Gasteiger partial charge in [0.15, 0.2) is 0 Å².